The normalized spacial score (nSPS) is 24.9. The maximum Gasteiger partial charge on any atom is 0.0752 e. The average molecular weight is 281 g/mol. The van der Waals surface area contributed by atoms with Gasteiger partial charge >= 0.3 is 0 Å². The zero-order valence-corrected chi connectivity index (χ0v) is 13.7. The molecule has 2 fully saturated rings. The molecular weight excluding hydrogens is 246 g/mol. The molecule has 0 heterocycles. The Morgan fingerprint density at radius 1 is 1.00 bits per heavy atom. The van der Waals surface area contributed by atoms with Crippen LogP contribution in [0.4, 0.5) is 0 Å². The van der Waals surface area contributed by atoms with Crippen molar-refractivity contribution >= 4 is 0 Å². The first-order valence-corrected chi connectivity index (χ1v) is 9.11. The second kappa shape index (κ2) is 9.04. The van der Waals surface area contributed by atoms with Crippen molar-refractivity contribution in [2.24, 2.45) is 11.8 Å². The van der Waals surface area contributed by atoms with Gasteiger partial charge in [-0.05, 0) is 44.1 Å². The lowest BCUT2D eigenvalue weighted by molar-refractivity contribution is 0.00225. The van der Waals surface area contributed by atoms with Crippen LogP contribution >= 0.6 is 0 Å². The number of methoxy groups -OCH3 is 1. The van der Waals surface area contributed by atoms with E-state index in [1.807, 2.05) is 7.11 Å². The van der Waals surface area contributed by atoms with E-state index < -0.39 is 0 Å². The van der Waals surface area contributed by atoms with Gasteiger partial charge in [-0.2, -0.15) is 0 Å². The van der Waals surface area contributed by atoms with Crippen molar-refractivity contribution in [2.45, 2.75) is 89.7 Å². The van der Waals surface area contributed by atoms with Crippen LogP contribution in [0.1, 0.15) is 77.6 Å². The van der Waals surface area contributed by atoms with Crippen molar-refractivity contribution in [1.82, 2.24) is 5.32 Å². The summed E-state index contributed by atoms with van der Waals surface area (Å²) in [5.41, 5.74) is 0. The minimum atomic E-state index is 0.447. The van der Waals surface area contributed by atoms with Gasteiger partial charge < -0.3 is 10.1 Å². The Hall–Kier alpha value is -0.0800. The van der Waals surface area contributed by atoms with Gasteiger partial charge in [0.15, 0.2) is 0 Å². The molecule has 0 saturated heterocycles. The van der Waals surface area contributed by atoms with Gasteiger partial charge in [-0.1, -0.05) is 51.9 Å². The third-order valence-corrected chi connectivity index (χ3v) is 5.50. The molecule has 0 amide bonds. The molecule has 2 saturated carbocycles. The molecule has 118 valence electrons. The fourth-order valence-electron chi connectivity index (χ4n) is 4.42. The minimum Gasteiger partial charge on any atom is -0.380 e. The number of rotatable bonds is 8. The van der Waals surface area contributed by atoms with Gasteiger partial charge in [0, 0.05) is 13.2 Å². The smallest absolute Gasteiger partial charge is 0.0752 e. The first-order valence-electron chi connectivity index (χ1n) is 9.11. The predicted octanol–water partition coefficient (Wildman–Crippen LogP) is 4.53. The third kappa shape index (κ3) is 4.73. The molecule has 2 rings (SSSR count). The molecule has 2 heteroatoms. The number of ether oxygens (including phenoxy) is 1. The molecule has 0 aromatic heterocycles. The van der Waals surface area contributed by atoms with E-state index in [2.05, 4.69) is 12.2 Å². The minimum absolute atomic E-state index is 0.447. The van der Waals surface area contributed by atoms with E-state index in [0.717, 1.165) is 18.4 Å². The van der Waals surface area contributed by atoms with Crippen molar-refractivity contribution in [2.75, 3.05) is 13.7 Å². The highest BCUT2D eigenvalue weighted by Crippen LogP contribution is 2.34. The Kier molecular flexibility index (Phi) is 7.37. The van der Waals surface area contributed by atoms with Gasteiger partial charge in [0.25, 0.3) is 0 Å². The summed E-state index contributed by atoms with van der Waals surface area (Å²) in [6.07, 6.45) is 15.8. The van der Waals surface area contributed by atoms with E-state index >= 15 is 0 Å². The fourth-order valence-corrected chi connectivity index (χ4v) is 4.42. The summed E-state index contributed by atoms with van der Waals surface area (Å²) >= 11 is 0. The molecule has 2 aliphatic rings. The molecule has 2 aliphatic carbocycles. The Morgan fingerprint density at radius 2 is 1.65 bits per heavy atom. The van der Waals surface area contributed by atoms with E-state index in [0.29, 0.717) is 12.1 Å². The highest BCUT2D eigenvalue weighted by molar-refractivity contribution is 4.87. The fraction of sp³-hybridized carbons (Fsp3) is 1.00. The monoisotopic (exact) mass is 281 g/mol. The van der Waals surface area contributed by atoms with E-state index in [-0.39, 0.29) is 0 Å². The Bertz CT molecular complexity index is 244. The van der Waals surface area contributed by atoms with E-state index in [1.165, 1.54) is 70.6 Å². The zero-order chi connectivity index (χ0) is 14.2. The van der Waals surface area contributed by atoms with Crippen molar-refractivity contribution in [1.29, 1.82) is 0 Å². The maximum atomic E-state index is 6.00. The highest BCUT2D eigenvalue weighted by atomic mass is 16.5. The molecule has 2 unspecified atom stereocenters. The summed E-state index contributed by atoms with van der Waals surface area (Å²) in [5.74, 6) is 1.75. The standard InChI is InChI=1S/C18H35NO/c1-3-13-19-17(14-15-9-7-8-10-15)18(20-2)16-11-5-4-6-12-16/h15-19H,3-14H2,1-2H3. The second-order valence-electron chi connectivity index (χ2n) is 7.05. The number of hydrogen-bond acceptors (Lipinski definition) is 2. The summed E-state index contributed by atoms with van der Waals surface area (Å²) in [6, 6.07) is 0.589. The molecule has 0 spiro atoms. The highest BCUT2D eigenvalue weighted by Gasteiger charge is 2.32. The quantitative estimate of drug-likeness (QED) is 0.706. The molecule has 0 aromatic rings. The van der Waals surface area contributed by atoms with Crippen LogP contribution in [0.5, 0.6) is 0 Å². The summed E-state index contributed by atoms with van der Waals surface area (Å²) in [5, 5.41) is 3.82. The lowest BCUT2D eigenvalue weighted by Crippen LogP contribution is -2.46. The summed E-state index contributed by atoms with van der Waals surface area (Å²) < 4.78 is 6.00. The number of hydrogen-bond donors (Lipinski definition) is 1. The molecule has 0 aliphatic heterocycles. The van der Waals surface area contributed by atoms with Gasteiger partial charge in [0.1, 0.15) is 0 Å². The van der Waals surface area contributed by atoms with E-state index in [4.69, 9.17) is 4.74 Å². The van der Waals surface area contributed by atoms with Crippen LogP contribution in [0.2, 0.25) is 0 Å². The van der Waals surface area contributed by atoms with Gasteiger partial charge in [0.05, 0.1) is 6.10 Å². The summed E-state index contributed by atoms with van der Waals surface area (Å²) in [4.78, 5) is 0. The van der Waals surface area contributed by atoms with Gasteiger partial charge in [-0.15, -0.1) is 0 Å². The van der Waals surface area contributed by atoms with Crippen LogP contribution in [0.25, 0.3) is 0 Å². The van der Waals surface area contributed by atoms with Crippen molar-refractivity contribution in [3.8, 4) is 0 Å². The van der Waals surface area contributed by atoms with Crippen LogP contribution in [0, 0.1) is 11.8 Å². The molecule has 2 atom stereocenters. The number of nitrogens with one attached hydrogen (secondary N) is 1. The van der Waals surface area contributed by atoms with Crippen LogP contribution in [-0.2, 0) is 4.74 Å². The lowest BCUT2D eigenvalue weighted by Gasteiger charge is -2.36. The van der Waals surface area contributed by atoms with Gasteiger partial charge in [-0.3, -0.25) is 0 Å². The summed E-state index contributed by atoms with van der Waals surface area (Å²) in [6.45, 7) is 3.41. The Balaban J connectivity index is 1.93. The van der Waals surface area contributed by atoms with Crippen molar-refractivity contribution in [3.05, 3.63) is 0 Å². The Labute approximate surface area is 126 Å². The first kappa shape index (κ1) is 16.3. The molecular formula is C18H35NO. The first-order chi connectivity index (χ1) is 9.85. The van der Waals surface area contributed by atoms with Crippen LogP contribution < -0.4 is 5.32 Å². The van der Waals surface area contributed by atoms with E-state index in [1.54, 1.807) is 0 Å². The van der Waals surface area contributed by atoms with Crippen LogP contribution in [0.3, 0.4) is 0 Å². The lowest BCUT2D eigenvalue weighted by atomic mass is 9.80. The maximum absolute atomic E-state index is 6.00. The molecule has 0 aromatic carbocycles. The van der Waals surface area contributed by atoms with Crippen LogP contribution in [0.15, 0.2) is 0 Å². The predicted molar refractivity (Wildman–Crippen MR) is 86.0 cm³/mol. The molecule has 2 nitrogen and oxygen atoms in total. The molecule has 1 N–H and O–H groups in total. The topological polar surface area (TPSA) is 21.3 Å². The zero-order valence-electron chi connectivity index (χ0n) is 13.7. The largest absolute Gasteiger partial charge is 0.380 e. The third-order valence-electron chi connectivity index (χ3n) is 5.50. The Morgan fingerprint density at radius 3 is 2.25 bits per heavy atom. The molecule has 20 heavy (non-hydrogen) atoms. The SMILES string of the molecule is CCCNC(CC1CCCC1)C(OC)C1CCCCC1. The molecule has 0 bridgehead atoms. The van der Waals surface area contributed by atoms with Crippen molar-refractivity contribution in [3.63, 3.8) is 0 Å². The van der Waals surface area contributed by atoms with Crippen molar-refractivity contribution < 1.29 is 4.74 Å². The second-order valence-corrected chi connectivity index (χ2v) is 7.05. The van der Waals surface area contributed by atoms with Gasteiger partial charge in [-0.25, -0.2) is 0 Å². The molecule has 0 radical (unpaired) electrons. The average Bonchev–Trinajstić information content (AvgIpc) is 2.99. The van der Waals surface area contributed by atoms with E-state index in [9.17, 15) is 0 Å². The van der Waals surface area contributed by atoms with Gasteiger partial charge in [0.2, 0.25) is 0 Å². The summed E-state index contributed by atoms with van der Waals surface area (Å²) in [7, 11) is 1.94. The van der Waals surface area contributed by atoms with Crippen LogP contribution in [-0.4, -0.2) is 25.8 Å².